The maximum Gasteiger partial charge on any atom is 0.361 e. The predicted molar refractivity (Wildman–Crippen MR) is 74.4 cm³/mol. The van der Waals surface area contributed by atoms with Crippen molar-refractivity contribution >= 4 is 23.1 Å². The van der Waals surface area contributed by atoms with Gasteiger partial charge < -0.3 is 9.47 Å². The Morgan fingerprint density at radius 2 is 2.20 bits per heavy atom. The number of ether oxygens (including phenoxy) is 2. The van der Waals surface area contributed by atoms with Crippen molar-refractivity contribution in [2.75, 3.05) is 13.2 Å². The fourth-order valence-corrected chi connectivity index (χ4v) is 1.93. The molecule has 0 aliphatic rings. The van der Waals surface area contributed by atoms with Gasteiger partial charge in [0.25, 0.3) is 0 Å². The van der Waals surface area contributed by atoms with Gasteiger partial charge in [-0.25, -0.2) is 4.79 Å². The van der Waals surface area contributed by atoms with Gasteiger partial charge in [0.2, 0.25) is 0 Å². The molecule has 0 unspecified atom stereocenters. The Balaban J connectivity index is 2.31. The number of hydrogen-bond donors (Lipinski definition) is 0. The van der Waals surface area contributed by atoms with E-state index in [4.69, 9.17) is 21.1 Å². The van der Waals surface area contributed by atoms with Gasteiger partial charge in [0, 0.05) is 0 Å². The Morgan fingerprint density at radius 1 is 1.40 bits per heavy atom. The van der Waals surface area contributed by atoms with E-state index in [1.165, 1.54) is 4.52 Å². The Kier molecular flexibility index (Phi) is 4.79. The summed E-state index contributed by atoms with van der Waals surface area (Å²) in [5.41, 5.74) is 0.644. The Bertz CT molecular complexity index is 612. The Labute approximate surface area is 121 Å². The van der Waals surface area contributed by atoms with E-state index in [9.17, 15) is 4.79 Å². The molecule has 6 nitrogen and oxygen atoms in total. The SMILES string of the molecule is CCCCOc1ccc2c(C(=O)OCC)nnn2c1Cl. The van der Waals surface area contributed by atoms with E-state index in [1.807, 2.05) is 0 Å². The topological polar surface area (TPSA) is 65.7 Å². The largest absolute Gasteiger partial charge is 0.490 e. The van der Waals surface area contributed by atoms with Gasteiger partial charge in [-0.15, -0.1) is 5.10 Å². The first-order valence-electron chi connectivity index (χ1n) is 6.52. The van der Waals surface area contributed by atoms with Crippen molar-refractivity contribution in [3.8, 4) is 5.75 Å². The molecule has 2 aromatic rings. The predicted octanol–water partition coefficient (Wildman–Crippen LogP) is 2.74. The summed E-state index contributed by atoms with van der Waals surface area (Å²) in [4.78, 5) is 11.7. The van der Waals surface area contributed by atoms with E-state index in [0.29, 0.717) is 23.0 Å². The third-order valence-electron chi connectivity index (χ3n) is 2.71. The van der Waals surface area contributed by atoms with Crippen molar-refractivity contribution in [1.82, 2.24) is 14.8 Å². The molecule has 0 atom stereocenters. The van der Waals surface area contributed by atoms with Crippen molar-refractivity contribution in [3.05, 3.63) is 23.0 Å². The van der Waals surface area contributed by atoms with Crippen LogP contribution in [0, 0.1) is 0 Å². The number of fused-ring (bicyclic) bond motifs is 1. The molecule has 0 saturated carbocycles. The highest BCUT2D eigenvalue weighted by atomic mass is 35.5. The first kappa shape index (κ1) is 14.6. The van der Waals surface area contributed by atoms with Crippen molar-refractivity contribution in [3.63, 3.8) is 0 Å². The van der Waals surface area contributed by atoms with Gasteiger partial charge in [-0.2, -0.15) is 4.52 Å². The fraction of sp³-hybridized carbons (Fsp3) is 0.462. The van der Waals surface area contributed by atoms with Crippen molar-refractivity contribution in [2.45, 2.75) is 26.7 Å². The quantitative estimate of drug-likeness (QED) is 0.466. The van der Waals surface area contributed by atoms with Crippen molar-refractivity contribution in [1.29, 1.82) is 0 Å². The van der Waals surface area contributed by atoms with Gasteiger partial charge in [0.1, 0.15) is 5.52 Å². The molecule has 2 heterocycles. The van der Waals surface area contributed by atoms with Gasteiger partial charge in [-0.3, -0.25) is 0 Å². The molecule has 0 spiro atoms. The molecule has 2 rings (SSSR count). The summed E-state index contributed by atoms with van der Waals surface area (Å²) < 4.78 is 11.9. The highest BCUT2D eigenvalue weighted by molar-refractivity contribution is 6.31. The molecule has 20 heavy (non-hydrogen) atoms. The number of rotatable bonds is 6. The highest BCUT2D eigenvalue weighted by Gasteiger charge is 2.18. The lowest BCUT2D eigenvalue weighted by atomic mass is 10.3. The summed E-state index contributed by atoms with van der Waals surface area (Å²) in [5, 5.41) is 7.97. The Hall–Kier alpha value is -1.82. The molecule has 0 aliphatic carbocycles. The second-order valence-corrected chi connectivity index (χ2v) is 4.50. The molecule has 108 valence electrons. The maximum atomic E-state index is 11.7. The number of esters is 1. The molecule has 0 bridgehead atoms. The molecule has 0 aromatic carbocycles. The molecule has 2 aromatic heterocycles. The third kappa shape index (κ3) is 2.85. The number of halogens is 1. The van der Waals surface area contributed by atoms with E-state index < -0.39 is 5.97 Å². The summed E-state index contributed by atoms with van der Waals surface area (Å²) >= 11 is 6.20. The third-order valence-corrected chi connectivity index (χ3v) is 3.06. The van der Waals surface area contributed by atoms with Crippen LogP contribution >= 0.6 is 11.6 Å². The molecule has 0 radical (unpaired) electrons. The number of unbranched alkanes of at least 4 members (excludes halogenated alkanes) is 1. The maximum absolute atomic E-state index is 11.7. The number of carbonyl (C=O) groups excluding carboxylic acids is 1. The number of pyridine rings is 1. The van der Waals surface area contributed by atoms with Crippen molar-refractivity contribution < 1.29 is 14.3 Å². The van der Waals surface area contributed by atoms with Gasteiger partial charge in [0.05, 0.1) is 13.2 Å². The zero-order valence-electron chi connectivity index (χ0n) is 11.4. The molecule has 0 saturated heterocycles. The number of nitrogens with zero attached hydrogens (tertiary/aromatic N) is 3. The van der Waals surface area contributed by atoms with Crippen LogP contribution in [-0.4, -0.2) is 34.0 Å². The van der Waals surface area contributed by atoms with Gasteiger partial charge in [-0.1, -0.05) is 30.2 Å². The van der Waals surface area contributed by atoms with Crippen LogP contribution in [0.4, 0.5) is 0 Å². The van der Waals surface area contributed by atoms with E-state index >= 15 is 0 Å². The summed E-state index contributed by atoms with van der Waals surface area (Å²) in [6, 6.07) is 3.40. The monoisotopic (exact) mass is 297 g/mol. The number of hydrogen-bond acceptors (Lipinski definition) is 5. The van der Waals surface area contributed by atoms with E-state index in [1.54, 1.807) is 19.1 Å². The summed E-state index contributed by atoms with van der Waals surface area (Å²) in [6.45, 7) is 4.68. The smallest absolute Gasteiger partial charge is 0.361 e. The first-order chi connectivity index (χ1) is 9.69. The first-order valence-corrected chi connectivity index (χ1v) is 6.90. The number of aromatic nitrogens is 3. The van der Waals surface area contributed by atoms with Crippen LogP contribution in [0.15, 0.2) is 12.1 Å². The van der Waals surface area contributed by atoms with E-state index in [-0.39, 0.29) is 12.3 Å². The molecule has 0 N–H and O–H groups in total. The molecule has 0 aliphatic heterocycles. The van der Waals surface area contributed by atoms with Crippen LogP contribution in [0.25, 0.3) is 5.52 Å². The lowest BCUT2D eigenvalue weighted by molar-refractivity contribution is 0.0521. The second-order valence-electron chi connectivity index (χ2n) is 4.15. The zero-order chi connectivity index (χ0) is 14.5. The standard InChI is InChI=1S/C13H16ClN3O3/c1-3-5-8-20-10-7-6-9-11(13(18)19-4-2)15-16-17(9)12(10)14/h6-7H,3-5,8H2,1-2H3. The minimum atomic E-state index is -0.516. The Morgan fingerprint density at radius 3 is 2.90 bits per heavy atom. The normalized spacial score (nSPS) is 10.8. The van der Waals surface area contributed by atoms with Crippen LogP contribution < -0.4 is 4.74 Å². The van der Waals surface area contributed by atoms with Gasteiger partial charge in [0.15, 0.2) is 16.6 Å². The summed E-state index contributed by atoms with van der Waals surface area (Å²) in [6.07, 6.45) is 1.98. The molecule has 0 amide bonds. The molecule has 7 heteroatoms. The van der Waals surface area contributed by atoms with Gasteiger partial charge in [-0.05, 0) is 25.5 Å². The van der Waals surface area contributed by atoms with Crippen LogP contribution in [0.2, 0.25) is 5.15 Å². The zero-order valence-corrected chi connectivity index (χ0v) is 12.2. The van der Waals surface area contributed by atoms with Crippen LogP contribution in [-0.2, 0) is 4.74 Å². The van der Waals surface area contributed by atoms with Crippen LogP contribution in [0.3, 0.4) is 0 Å². The minimum Gasteiger partial charge on any atom is -0.490 e. The summed E-state index contributed by atoms with van der Waals surface area (Å²) in [7, 11) is 0. The van der Waals surface area contributed by atoms with Crippen LogP contribution in [0.1, 0.15) is 37.2 Å². The summed E-state index contributed by atoms with van der Waals surface area (Å²) in [5.74, 6) is 0.00569. The van der Waals surface area contributed by atoms with Gasteiger partial charge >= 0.3 is 5.97 Å². The minimum absolute atomic E-state index is 0.147. The average Bonchev–Trinajstić information content (AvgIpc) is 2.86. The van der Waals surface area contributed by atoms with E-state index in [2.05, 4.69) is 17.2 Å². The second kappa shape index (κ2) is 6.56. The number of carbonyl (C=O) groups is 1. The fourth-order valence-electron chi connectivity index (χ4n) is 1.69. The molecule has 0 fully saturated rings. The lowest BCUT2D eigenvalue weighted by Gasteiger charge is -2.08. The highest BCUT2D eigenvalue weighted by Crippen LogP contribution is 2.26. The van der Waals surface area contributed by atoms with Crippen LogP contribution in [0.5, 0.6) is 5.75 Å². The lowest BCUT2D eigenvalue weighted by Crippen LogP contribution is -2.06. The molecular formula is C13H16ClN3O3. The molecular weight excluding hydrogens is 282 g/mol. The van der Waals surface area contributed by atoms with Crippen molar-refractivity contribution in [2.24, 2.45) is 0 Å². The average molecular weight is 298 g/mol. The van der Waals surface area contributed by atoms with E-state index in [0.717, 1.165) is 12.8 Å².